The third kappa shape index (κ3) is 5.71. The number of nitrogen functional groups attached to an aromatic ring is 1. The van der Waals surface area contributed by atoms with Crippen molar-refractivity contribution in [3.63, 3.8) is 0 Å². The van der Waals surface area contributed by atoms with Crippen LogP contribution in [0.15, 0.2) is 30.3 Å². The van der Waals surface area contributed by atoms with Gasteiger partial charge < -0.3 is 21.3 Å². The van der Waals surface area contributed by atoms with E-state index in [1.54, 1.807) is 33.0 Å². The third-order valence-electron chi connectivity index (χ3n) is 6.24. The Kier molecular flexibility index (Phi) is 6.93. The minimum Gasteiger partial charge on any atom is -0.399 e. The molecule has 2 heterocycles. The number of aromatic nitrogens is 2. The van der Waals surface area contributed by atoms with Crippen LogP contribution in [0.1, 0.15) is 40.3 Å². The summed E-state index contributed by atoms with van der Waals surface area (Å²) in [6.07, 6.45) is -4.54. The molecule has 4 rings (SSSR count). The number of aryl methyl sites for hydroxylation is 1. The van der Waals surface area contributed by atoms with E-state index in [2.05, 4.69) is 20.6 Å². The van der Waals surface area contributed by atoms with Crippen LogP contribution in [-0.2, 0) is 16.0 Å². The van der Waals surface area contributed by atoms with Crippen LogP contribution in [-0.4, -0.2) is 60.8 Å². The van der Waals surface area contributed by atoms with Crippen molar-refractivity contribution >= 4 is 43.8 Å². The molecule has 1 atom stereocenters. The van der Waals surface area contributed by atoms with Crippen molar-refractivity contribution in [3.05, 3.63) is 52.8 Å². The van der Waals surface area contributed by atoms with Crippen molar-refractivity contribution in [2.75, 3.05) is 48.0 Å². The number of nitrogens with zero attached hydrogens (tertiary/aromatic N) is 3. The highest BCUT2D eigenvalue weighted by Gasteiger charge is 2.32. The summed E-state index contributed by atoms with van der Waals surface area (Å²) in [5.74, 6) is 0.277. The lowest BCUT2D eigenvalue weighted by molar-refractivity contribution is -0.137. The monoisotopic (exact) mass is 536 g/mol. The lowest BCUT2D eigenvalue weighted by Gasteiger charge is -2.27. The zero-order chi connectivity index (χ0) is 27.1. The fourth-order valence-corrected chi connectivity index (χ4v) is 5.45. The van der Waals surface area contributed by atoms with Crippen LogP contribution in [0.2, 0.25) is 0 Å². The van der Waals surface area contributed by atoms with Crippen molar-refractivity contribution in [3.8, 4) is 0 Å². The van der Waals surface area contributed by atoms with E-state index in [-0.39, 0.29) is 36.2 Å². The Bertz CT molecular complexity index is 1460. The van der Waals surface area contributed by atoms with Crippen LogP contribution in [0, 0.1) is 6.92 Å². The number of nitrogens with one attached hydrogen (secondary N) is 2. The number of carbonyl (C=O) groups is 1. The minimum absolute atomic E-state index is 0.00617. The quantitative estimate of drug-likeness (QED) is 0.422. The fraction of sp³-hybridized carbons (Fsp3) is 0.375. The van der Waals surface area contributed by atoms with Gasteiger partial charge in [0.2, 0.25) is 0 Å². The molecule has 1 saturated heterocycles. The smallest absolute Gasteiger partial charge is 0.399 e. The zero-order valence-corrected chi connectivity index (χ0v) is 21.3. The van der Waals surface area contributed by atoms with Gasteiger partial charge in [-0.05, 0) is 49.7 Å². The van der Waals surface area contributed by atoms with Crippen LogP contribution < -0.4 is 16.4 Å². The molecule has 1 aromatic heterocycles. The van der Waals surface area contributed by atoms with Crippen LogP contribution in [0.5, 0.6) is 0 Å². The number of hydrogen-bond acceptors (Lipinski definition) is 8. The summed E-state index contributed by atoms with van der Waals surface area (Å²) in [5, 5.41) is 6.70. The van der Waals surface area contributed by atoms with Crippen molar-refractivity contribution in [2.45, 2.75) is 26.1 Å². The van der Waals surface area contributed by atoms with Crippen molar-refractivity contribution in [2.24, 2.45) is 0 Å². The largest absolute Gasteiger partial charge is 0.416 e. The molecule has 13 heteroatoms. The van der Waals surface area contributed by atoms with Crippen LogP contribution in [0.25, 0.3) is 10.9 Å². The number of carbonyl (C=O) groups excluding carboxylic acids is 1. The summed E-state index contributed by atoms with van der Waals surface area (Å²) >= 11 is 0. The highest BCUT2D eigenvalue weighted by molar-refractivity contribution is 7.91. The molecule has 0 spiro atoms. The highest BCUT2D eigenvalue weighted by atomic mass is 32.2. The van der Waals surface area contributed by atoms with Crippen molar-refractivity contribution in [1.29, 1.82) is 0 Å². The molecule has 4 N–H and O–H groups in total. The summed E-state index contributed by atoms with van der Waals surface area (Å²) in [6.45, 7) is 3.57. The van der Waals surface area contributed by atoms with Gasteiger partial charge in [0, 0.05) is 36.9 Å². The van der Waals surface area contributed by atoms with E-state index < -0.39 is 27.6 Å². The normalized spacial score (nSPS) is 16.4. The number of sulfone groups is 1. The fourth-order valence-electron chi connectivity index (χ4n) is 4.25. The standard InChI is InChI=1S/C24H27F3N6O3S/c1-13(15-8-16(24(25,26)27)10-17(28)9-15)30-22-18-11-20(29-3)19(12-21(18)31-14(2)32-22)23(34)33-4-6-37(35,36)7-5-33/h8-13,29H,4-7,28H2,1-3H3,(H,30,31,32)/t13-/m1/s1. The van der Waals surface area contributed by atoms with E-state index in [0.29, 0.717) is 39.4 Å². The van der Waals surface area contributed by atoms with Gasteiger partial charge in [0.1, 0.15) is 11.6 Å². The van der Waals surface area contributed by atoms with Gasteiger partial charge in [-0.1, -0.05) is 0 Å². The number of amides is 1. The molecular weight excluding hydrogens is 509 g/mol. The van der Waals surface area contributed by atoms with E-state index in [4.69, 9.17) is 5.73 Å². The molecule has 1 aliphatic heterocycles. The zero-order valence-electron chi connectivity index (χ0n) is 20.5. The third-order valence-corrected chi connectivity index (χ3v) is 7.85. The number of benzene rings is 2. The number of alkyl halides is 3. The second-order valence-corrected chi connectivity index (χ2v) is 11.3. The molecule has 37 heavy (non-hydrogen) atoms. The second kappa shape index (κ2) is 9.69. The van der Waals surface area contributed by atoms with Crippen LogP contribution in [0.4, 0.5) is 30.4 Å². The lowest BCUT2D eigenvalue weighted by Crippen LogP contribution is -2.43. The molecule has 1 aliphatic rings. The van der Waals surface area contributed by atoms with E-state index in [1.807, 2.05) is 0 Å². The summed E-state index contributed by atoms with van der Waals surface area (Å²) < 4.78 is 63.4. The molecule has 0 bridgehead atoms. The van der Waals surface area contributed by atoms with Crippen LogP contribution >= 0.6 is 0 Å². The number of nitrogens with two attached hydrogens (primary N) is 1. The first kappa shape index (κ1) is 26.5. The molecule has 0 saturated carbocycles. The predicted octanol–water partition coefficient (Wildman–Crippen LogP) is 3.62. The van der Waals surface area contributed by atoms with Gasteiger partial charge in [-0.15, -0.1) is 0 Å². The molecule has 9 nitrogen and oxygen atoms in total. The van der Waals surface area contributed by atoms with E-state index in [9.17, 15) is 26.4 Å². The van der Waals surface area contributed by atoms with E-state index in [0.717, 1.165) is 12.1 Å². The van der Waals surface area contributed by atoms with Crippen molar-refractivity contribution < 1.29 is 26.4 Å². The predicted molar refractivity (Wildman–Crippen MR) is 136 cm³/mol. The molecule has 198 valence electrons. The summed E-state index contributed by atoms with van der Waals surface area (Å²) in [4.78, 5) is 23.6. The molecule has 0 aliphatic carbocycles. The first-order chi connectivity index (χ1) is 17.3. The number of halogens is 3. The number of fused-ring (bicyclic) bond motifs is 1. The van der Waals surface area contributed by atoms with Gasteiger partial charge in [-0.3, -0.25) is 4.79 Å². The van der Waals surface area contributed by atoms with Gasteiger partial charge in [0.25, 0.3) is 5.91 Å². The Balaban J connectivity index is 1.70. The van der Waals surface area contributed by atoms with Gasteiger partial charge in [0.15, 0.2) is 9.84 Å². The Hall–Kier alpha value is -3.61. The molecular formula is C24H27F3N6O3S. The Morgan fingerprint density at radius 1 is 1.11 bits per heavy atom. The number of anilines is 3. The second-order valence-electron chi connectivity index (χ2n) is 8.98. The Morgan fingerprint density at radius 2 is 1.78 bits per heavy atom. The molecule has 1 fully saturated rings. The maximum Gasteiger partial charge on any atom is 0.416 e. The summed E-state index contributed by atoms with van der Waals surface area (Å²) in [7, 11) is -1.50. The average Bonchev–Trinajstić information content (AvgIpc) is 2.81. The topological polar surface area (TPSA) is 130 Å². The summed E-state index contributed by atoms with van der Waals surface area (Å²) in [5.41, 5.74) is 6.48. The lowest BCUT2D eigenvalue weighted by atomic mass is 10.0. The van der Waals surface area contributed by atoms with Gasteiger partial charge in [-0.25, -0.2) is 18.4 Å². The SMILES string of the molecule is CNc1cc2c(N[C@H](C)c3cc(N)cc(C(F)(F)F)c3)nc(C)nc2cc1C(=O)N1CCS(=O)(=O)CC1. The van der Waals surface area contributed by atoms with Gasteiger partial charge >= 0.3 is 6.18 Å². The van der Waals surface area contributed by atoms with Crippen molar-refractivity contribution in [1.82, 2.24) is 14.9 Å². The summed E-state index contributed by atoms with van der Waals surface area (Å²) in [6, 6.07) is 6.11. The first-order valence-electron chi connectivity index (χ1n) is 11.5. The Morgan fingerprint density at radius 3 is 2.41 bits per heavy atom. The molecule has 1 amide bonds. The average molecular weight is 537 g/mol. The van der Waals surface area contributed by atoms with Crippen LogP contribution in [0.3, 0.4) is 0 Å². The number of hydrogen-bond donors (Lipinski definition) is 3. The highest BCUT2D eigenvalue weighted by Crippen LogP contribution is 2.35. The maximum atomic E-state index is 13.3. The maximum absolute atomic E-state index is 13.3. The molecule has 2 aromatic carbocycles. The minimum atomic E-state index is -4.54. The van der Waals surface area contributed by atoms with Gasteiger partial charge in [-0.2, -0.15) is 13.2 Å². The Labute approximate surface area is 212 Å². The van der Waals surface area contributed by atoms with E-state index in [1.165, 1.54) is 11.0 Å². The molecule has 0 radical (unpaired) electrons. The van der Waals surface area contributed by atoms with E-state index >= 15 is 0 Å². The van der Waals surface area contributed by atoms with Gasteiger partial charge in [0.05, 0.1) is 34.2 Å². The molecule has 3 aromatic rings. The number of rotatable bonds is 5. The first-order valence-corrected chi connectivity index (χ1v) is 13.3. The molecule has 0 unspecified atom stereocenters.